The third kappa shape index (κ3) is 3.81. The SMILES string of the molecule is CCc1cnc(CNCc2cc(Br)ccc2OC)o1. The van der Waals surface area contributed by atoms with Crippen molar-refractivity contribution in [2.75, 3.05) is 7.11 Å². The van der Waals surface area contributed by atoms with Crippen LogP contribution in [0.2, 0.25) is 0 Å². The first-order valence-electron chi connectivity index (χ1n) is 6.19. The van der Waals surface area contributed by atoms with Crippen LogP contribution in [0.3, 0.4) is 0 Å². The second kappa shape index (κ2) is 6.73. The molecule has 0 bridgehead atoms. The standard InChI is InChI=1S/C14H17BrN2O2/c1-3-12-8-17-14(19-12)9-16-7-10-6-11(15)4-5-13(10)18-2/h4-6,8,16H,3,7,9H2,1-2H3. The van der Waals surface area contributed by atoms with Gasteiger partial charge in [-0.05, 0) is 18.2 Å². The fourth-order valence-corrected chi connectivity index (χ4v) is 2.19. The third-order valence-corrected chi connectivity index (χ3v) is 3.28. The number of rotatable bonds is 6. The van der Waals surface area contributed by atoms with E-state index in [1.54, 1.807) is 13.3 Å². The Morgan fingerprint density at radius 3 is 2.89 bits per heavy atom. The van der Waals surface area contributed by atoms with Gasteiger partial charge in [0.05, 0.1) is 19.9 Å². The molecule has 0 unspecified atom stereocenters. The number of hydrogen-bond acceptors (Lipinski definition) is 4. The number of halogens is 1. The van der Waals surface area contributed by atoms with Crippen LogP contribution in [0.1, 0.15) is 24.1 Å². The lowest BCUT2D eigenvalue weighted by molar-refractivity contribution is 0.404. The first-order valence-corrected chi connectivity index (χ1v) is 6.99. The molecule has 1 N–H and O–H groups in total. The number of nitrogens with zero attached hydrogens (tertiary/aromatic N) is 1. The summed E-state index contributed by atoms with van der Waals surface area (Å²) >= 11 is 3.46. The normalized spacial score (nSPS) is 10.7. The van der Waals surface area contributed by atoms with Crippen LogP contribution in [0.15, 0.2) is 33.3 Å². The van der Waals surface area contributed by atoms with Crippen molar-refractivity contribution >= 4 is 15.9 Å². The number of aryl methyl sites for hydroxylation is 1. The van der Waals surface area contributed by atoms with Gasteiger partial charge in [-0.3, -0.25) is 0 Å². The molecule has 2 rings (SSSR count). The van der Waals surface area contributed by atoms with E-state index < -0.39 is 0 Å². The van der Waals surface area contributed by atoms with Crippen molar-refractivity contribution in [3.63, 3.8) is 0 Å². The lowest BCUT2D eigenvalue weighted by atomic mass is 10.2. The zero-order valence-corrected chi connectivity index (χ0v) is 12.7. The minimum atomic E-state index is 0.607. The van der Waals surface area contributed by atoms with Crippen LogP contribution >= 0.6 is 15.9 Å². The molecule has 0 aliphatic rings. The second-order valence-corrected chi connectivity index (χ2v) is 5.05. The lowest BCUT2D eigenvalue weighted by Gasteiger charge is -2.09. The van der Waals surface area contributed by atoms with Crippen molar-refractivity contribution in [3.05, 3.63) is 46.1 Å². The van der Waals surface area contributed by atoms with Crippen LogP contribution in [0, 0.1) is 0 Å². The van der Waals surface area contributed by atoms with Gasteiger partial charge >= 0.3 is 0 Å². The van der Waals surface area contributed by atoms with E-state index >= 15 is 0 Å². The molecule has 5 heteroatoms. The van der Waals surface area contributed by atoms with Gasteiger partial charge in [-0.1, -0.05) is 22.9 Å². The summed E-state index contributed by atoms with van der Waals surface area (Å²) < 4.78 is 11.9. The summed E-state index contributed by atoms with van der Waals surface area (Å²) in [6.07, 6.45) is 2.64. The molecule has 0 atom stereocenters. The molecule has 0 spiro atoms. The van der Waals surface area contributed by atoms with Crippen LogP contribution in [0.5, 0.6) is 5.75 Å². The minimum absolute atomic E-state index is 0.607. The Morgan fingerprint density at radius 2 is 2.21 bits per heavy atom. The average molecular weight is 325 g/mol. The summed E-state index contributed by atoms with van der Waals surface area (Å²) in [6, 6.07) is 5.95. The van der Waals surface area contributed by atoms with Crippen LogP contribution in [0.25, 0.3) is 0 Å². The number of benzene rings is 1. The van der Waals surface area contributed by atoms with Crippen molar-refractivity contribution in [2.24, 2.45) is 0 Å². The van der Waals surface area contributed by atoms with Gasteiger partial charge in [0.2, 0.25) is 5.89 Å². The van der Waals surface area contributed by atoms with Crippen LogP contribution in [-0.4, -0.2) is 12.1 Å². The molecule has 0 radical (unpaired) electrons. The highest BCUT2D eigenvalue weighted by molar-refractivity contribution is 9.10. The monoisotopic (exact) mass is 324 g/mol. The predicted molar refractivity (Wildman–Crippen MR) is 77.1 cm³/mol. The molecule has 0 aliphatic heterocycles. The van der Waals surface area contributed by atoms with Crippen molar-refractivity contribution in [1.29, 1.82) is 0 Å². The Morgan fingerprint density at radius 1 is 1.37 bits per heavy atom. The molecule has 0 amide bonds. The van der Waals surface area contributed by atoms with Crippen molar-refractivity contribution in [2.45, 2.75) is 26.4 Å². The Balaban J connectivity index is 1.93. The molecular formula is C14H17BrN2O2. The summed E-state index contributed by atoms with van der Waals surface area (Å²) in [5.41, 5.74) is 1.10. The third-order valence-electron chi connectivity index (χ3n) is 2.78. The number of ether oxygens (including phenoxy) is 1. The van der Waals surface area contributed by atoms with E-state index in [0.29, 0.717) is 19.0 Å². The zero-order chi connectivity index (χ0) is 13.7. The van der Waals surface area contributed by atoms with E-state index in [-0.39, 0.29) is 0 Å². The van der Waals surface area contributed by atoms with Gasteiger partial charge in [-0.2, -0.15) is 0 Å². The smallest absolute Gasteiger partial charge is 0.208 e. The molecule has 0 saturated heterocycles. The summed E-state index contributed by atoms with van der Waals surface area (Å²) in [5, 5.41) is 3.30. The van der Waals surface area contributed by atoms with E-state index in [1.165, 1.54) is 0 Å². The largest absolute Gasteiger partial charge is 0.496 e. The fourth-order valence-electron chi connectivity index (χ4n) is 1.78. The van der Waals surface area contributed by atoms with E-state index in [2.05, 4.69) is 26.2 Å². The summed E-state index contributed by atoms with van der Waals surface area (Å²) in [7, 11) is 1.67. The van der Waals surface area contributed by atoms with Crippen molar-refractivity contribution < 1.29 is 9.15 Å². The van der Waals surface area contributed by atoms with Gasteiger partial charge in [0.25, 0.3) is 0 Å². The highest BCUT2D eigenvalue weighted by Crippen LogP contribution is 2.22. The lowest BCUT2D eigenvalue weighted by Crippen LogP contribution is -2.13. The van der Waals surface area contributed by atoms with Crippen LogP contribution in [-0.2, 0) is 19.5 Å². The fraction of sp³-hybridized carbons (Fsp3) is 0.357. The van der Waals surface area contributed by atoms with Gasteiger partial charge in [-0.25, -0.2) is 4.98 Å². The second-order valence-electron chi connectivity index (χ2n) is 4.13. The first kappa shape index (κ1) is 14.1. The number of hydrogen-bond donors (Lipinski definition) is 1. The van der Waals surface area contributed by atoms with Gasteiger partial charge in [0.15, 0.2) is 0 Å². The topological polar surface area (TPSA) is 47.3 Å². The molecule has 19 heavy (non-hydrogen) atoms. The highest BCUT2D eigenvalue weighted by Gasteiger charge is 2.05. The highest BCUT2D eigenvalue weighted by atomic mass is 79.9. The number of oxazole rings is 1. The predicted octanol–water partition coefficient (Wildman–Crippen LogP) is 3.30. The molecule has 0 aliphatic carbocycles. The van der Waals surface area contributed by atoms with E-state index in [4.69, 9.17) is 9.15 Å². The van der Waals surface area contributed by atoms with Crippen LogP contribution in [0.4, 0.5) is 0 Å². The number of aromatic nitrogens is 1. The van der Waals surface area contributed by atoms with Gasteiger partial charge < -0.3 is 14.5 Å². The van der Waals surface area contributed by atoms with Crippen LogP contribution < -0.4 is 10.1 Å². The molecule has 0 fully saturated rings. The van der Waals surface area contributed by atoms with E-state index in [9.17, 15) is 0 Å². The maximum absolute atomic E-state index is 5.54. The average Bonchev–Trinajstić information content (AvgIpc) is 2.87. The number of nitrogens with one attached hydrogen (secondary N) is 1. The zero-order valence-electron chi connectivity index (χ0n) is 11.1. The molecule has 1 heterocycles. The Labute approximate surface area is 121 Å². The minimum Gasteiger partial charge on any atom is -0.496 e. The molecule has 102 valence electrons. The molecular weight excluding hydrogens is 308 g/mol. The van der Waals surface area contributed by atoms with E-state index in [1.807, 2.05) is 25.1 Å². The summed E-state index contributed by atoms with van der Waals surface area (Å²) in [6.45, 7) is 3.35. The maximum atomic E-state index is 5.54. The molecule has 4 nitrogen and oxygen atoms in total. The first-order chi connectivity index (χ1) is 9.22. The summed E-state index contributed by atoms with van der Waals surface area (Å²) in [4.78, 5) is 4.21. The van der Waals surface area contributed by atoms with Gasteiger partial charge in [0.1, 0.15) is 11.5 Å². The van der Waals surface area contributed by atoms with E-state index in [0.717, 1.165) is 28.0 Å². The molecule has 2 aromatic rings. The molecule has 1 aromatic carbocycles. The Bertz CT molecular complexity index is 540. The summed E-state index contributed by atoms with van der Waals surface area (Å²) in [5.74, 6) is 2.50. The molecule has 1 aromatic heterocycles. The van der Waals surface area contributed by atoms with Crippen molar-refractivity contribution in [1.82, 2.24) is 10.3 Å². The molecule has 0 saturated carbocycles. The van der Waals surface area contributed by atoms with Gasteiger partial charge in [0, 0.05) is 23.0 Å². The maximum Gasteiger partial charge on any atom is 0.208 e. The van der Waals surface area contributed by atoms with Gasteiger partial charge in [-0.15, -0.1) is 0 Å². The Hall–Kier alpha value is -1.33. The van der Waals surface area contributed by atoms with Crippen molar-refractivity contribution in [3.8, 4) is 5.75 Å². The number of methoxy groups -OCH3 is 1. The quantitative estimate of drug-likeness (QED) is 0.885. The Kier molecular flexibility index (Phi) is 4.99.